The Bertz CT molecular complexity index is 935. The Balaban J connectivity index is 1.64. The van der Waals surface area contributed by atoms with E-state index in [1.54, 1.807) is 6.08 Å². The fourth-order valence-electron chi connectivity index (χ4n) is 3.06. The van der Waals surface area contributed by atoms with Gasteiger partial charge in [0.15, 0.2) is 5.82 Å². The van der Waals surface area contributed by atoms with Crippen LogP contribution in [0.4, 0.5) is 0 Å². The van der Waals surface area contributed by atoms with Gasteiger partial charge in [0.1, 0.15) is 17.9 Å². The van der Waals surface area contributed by atoms with Crippen molar-refractivity contribution >= 4 is 12.0 Å². The van der Waals surface area contributed by atoms with E-state index in [0.29, 0.717) is 25.3 Å². The summed E-state index contributed by atoms with van der Waals surface area (Å²) in [4.78, 5) is 12.5. The van der Waals surface area contributed by atoms with Crippen molar-refractivity contribution in [3.8, 4) is 5.75 Å². The SMILES string of the molecule is CCC(CC)(NC(=O)/C=C/c1cccc(OCc2ccccc2)c1)c1nn[nH]n1. The molecule has 150 valence electrons. The third-order valence-electron chi connectivity index (χ3n) is 4.88. The molecule has 0 saturated carbocycles. The molecule has 0 unspecified atom stereocenters. The highest BCUT2D eigenvalue weighted by molar-refractivity contribution is 5.92. The molecule has 2 N–H and O–H groups in total. The maximum Gasteiger partial charge on any atom is 0.244 e. The standard InChI is InChI=1S/C22H25N5O2/c1-3-22(4-2,21-24-26-27-25-21)23-20(28)14-13-17-11-8-12-19(15-17)29-16-18-9-6-5-7-10-18/h5-15H,3-4,16H2,1-2H3,(H,23,28)(H,24,25,26,27)/b14-13+. The monoisotopic (exact) mass is 391 g/mol. The average Bonchev–Trinajstić information content (AvgIpc) is 3.31. The molecule has 0 atom stereocenters. The molecule has 0 spiro atoms. The summed E-state index contributed by atoms with van der Waals surface area (Å²) in [7, 11) is 0. The summed E-state index contributed by atoms with van der Waals surface area (Å²) < 4.78 is 5.84. The first-order valence-corrected chi connectivity index (χ1v) is 9.66. The lowest BCUT2D eigenvalue weighted by atomic mass is 9.92. The topological polar surface area (TPSA) is 92.8 Å². The van der Waals surface area contributed by atoms with Gasteiger partial charge in [0, 0.05) is 6.08 Å². The minimum atomic E-state index is -0.644. The van der Waals surface area contributed by atoms with Crippen LogP contribution >= 0.6 is 0 Å². The van der Waals surface area contributed by atoms with E-state index in [2.05, 4.69) is 25.9 Å². The minimum absolute atomic E-state index is 0.214. The van der Waals surface area contributed by atoms with Gasteiger partial charge in [-0.3, -0.25) is 4.79 Å². The van der Waals surface area contributed by atoms with Crippen LogP contribution in [-0.4, -0.2) is 26.5 Å². The highest BCUT2D eigenvalue weighted by atomic mass is 16.5. The summed E-state index contributed by atoms with van der Waals surface area (Å²) in [5.74, 6) is 1.02. The first-order chi connectivity index (χ1) is 14.1. The van der Waals surface area contributed by atoms with Gasteiger partial charge in [-0.1, -0.05) is 61.5 Å². The van der Waals surface area contributed by atoms with E-state index in [1.165, 1.54) is 6.08 Å². The zero-order valence-corrected chi connectivity index (χ0v) is 16.6. The third-order valence-corrected chi connectivity index (χ3v) is 4.88. The van der Waals surface area contributed by atoms with Crippen molar-refractivity contribution in [2.24, 2.45) is 0 Å². The number of hydrogen-bond donors (Lipinski definition) is 2. The van der Waals surface area contributed by atoms with Crippen molar-refractivity contribution in [2.45, 2.75) is 38.8 Å². The molecule has 0 aliphatic carbocycles. The molecule has 7 nitrogen and oxygen atoms in total. The maximum absolute atomic E-state index is 12.5. The van der Waals surface area contributed by atoms with Crippen molar-refractivity contribution in [3.05, 3.63) is 77.6 Å². The predicted molar refractivity (Wildman–Crippen MR) is 111 cm³/mol. The Kier molecular flexibility index (Phi) is 6.73. The summed E-state index contributed by atoms with van der Waals surface area (Å²) in [6.07, 6.45) is 4.59. The Morgan fingerprint density at radius 1 is 1.14 bits per heavy atom. The van der Waals surface area contributed by atoms with Gasteiger partial charge >= 0.3 is 0 Å². The van der Waals surface area contributed by atoms with Crippen LogP contribution in [0.1, 0.15) is 43.6 Å². The molecule has 29 heavy (non-hydrogen) atoms. The zero-order valence-electron chi connectivity index (χ0n) is 16.6. The summed E-state index contributed by atoms with van der Waals surface area (Å²) in [6, 6.07) is 17.6. The van der Waals surface area contributed by atoms with Gasteiger partial charge in [0.05, 0.1) is 0 Å². The number of nitrogens with zero attached hydrogens (tertiary/aromatic N) is 3. The highest BCUT2D eigenvalue weighted by Crippen LogP contribution is 2.25. The number of carbonyl (C=O) groups excluding carboxylic acids is 1. The summed E-state index contributed by atoms with van der Waals surface area (Å²) >= 11 is 0. The smallest absolute Gasteiger partial charge is 0.244 e. The lowest BCUT2D eigenvalue weighted by Gasteiger charge is -2.28. The van der Waals surface area contributed by atoms with E-state index in [4.69, 9.17) is 4.74 Å². The molecule has 0 radical (unpaired) electrons. The van der Waals surface area contributed by atoms with Gasteiger partial charge in [0.2, 0.25) is 5.91 Å². The Hall–Kier alpha value is -3.48. The molecule has 1 amide bonds. The van der Waals surface area contributed by atoms with Crippen LogP contribution in [0.25, 0.3) is 6.08 Å². The van der Waals surface area contributed by atoms with Crippen LogP contribution in [0.15, 0.2) is 60.7 Å². The number of carbonyl (C=O) groups is 1. The zero-order chi connectivity index (χ0) is 20.5. The lowest BCUT2D eigenvalue weighted by molar-refractivity contribution is -0.118. The van der Waals surface area contributed by atoms with Gasteiger partial charge < -0.3 is 10.1 Å². The third kappa shape index (κ3) is 5.28. The van der Waals surface area contributed by atoms with Crippen LogP contribution in [0, 0.1) is 0 Å². The van der Waals surface area contributed by atoms with Crippen LogP contribution in [0.2, 0.25) is 0 Å². The fraction of sp³-hybridized carbons (Fsp3) is 0.273. The number of nitrogens with one attached hydrogen (secondary N) is 2. The van der Waals surface area contributed by atoms with Crippen LogP contribution < -0.4 is 10.1 Å². The molecule has 2 aromatic carbocycles. The number of hydrogen-bond acceptors (Lipinski definition) is 5. The van der Waals surface area contributed by atoms with Crippen molar-refractivity contribution < 1.29 is 9.53 Å². The molecule has 0 aliphatic heterocycles. The van der Waals surface area contributed by atoms with Crippen molar-refractivity contribution in [2.75, 3.05) is 0 Å². The molecule has 3 aromatic rings. The van der Waals surface area contributed by atoms with Crippen LogP contribution in [-0.2, 0) is 16.9 Å². The minimum Gasteiger partial charge on any atom is -0.489 e. The van der Waals surface area contributed by atoms with Gasteiger partial charge in [-0.2, -0.15) is 5.21 Å². The maximum atomic E-state index is 12.5. The Morgan fingerprint density at radius 2 is 1.93 bits per heavy atom. The number of aromatic amines is 1. The van der Waals surface area contributed by atoms with Crippen LogP contribution in [0.3, 0.4) is 0 Å². The molecule has 1 aromatic heterocycles. The Morgan fingerprint density at radius 3 is 2.62 bits per heavy atom. The van der Waals surface area contributed by atoms with Gasteiger partial charge in [-0.25, -0.2) is 0 Å². The lowest BCUT2D eigenvalue weighted by Crippen LogP contribution is -2.45. The quantitative estimate of drug-likeness (QED) is 0.544. The predicted octanol–water partition coefficient (Wildman–Crippen LogP) is 3.62. The summed E-state index contributed by atoms with van der Waals surface area (Å²) in [6.45, 7) is 4.46. The second-order valence-corrected chi connectivity index (χ2v) is 6.69. The Labute approximate surface area is 170 Å². The van der Waals surface area contributed by atoms with E-state index >= 15 is 0 Å². The number of H-pyrrole nitrogens is 1. The molecule has 0 fully saturated rings. The van der Waals surface area contributed by atoms with Gasteiger partial charge in [0.25, 0.3) is 0 Å². The molecule has 3 rings (SSSR count). The number of amides is 1. The largest absolute Gasteiger partial charge is 0.489 e. The number of ether oxygens (including phenoxy) is 1. The van der Waals surface area contributed by atoms with Gasteiger partial charge in [-0.15, -0.1) is 10.2 Å². The van der Waals surface area contributed by atoms with E-state index in [9.17, 15) is 4.79 Å². The normalized spacial score (nSPS) is 11.5. The van der Waals surface area contributed by atoms with E-state index in [-0.39, 0.29) is 5.91 Å². The molecule has 0 saturated heterocycles. The molecule has 0 aliphatic rings. The molecular formula is C22H25N5O2. The molecule has 1 heterocycles. The van der Waals surface area contributed by atoms with Crippen molar-refractivity contribution in [3.63, 3.8) is 0 Å². The first kappa shape index (κ1) is 20.3. The van der Waals surface area contributed by atoms with Crippen molar-refractivity contribution in [1.82, 2.24) is 25.9 Å². The van der Waals surface area contributed by atoms with Crippen LogP contribution in [0.5, 0.6) is 5.75 Å². The highest BCUT2D eigenvalue weighted by Gasteiger charge is 2.33. The second-order valence-electron chi connectivity index (χ2n) is 6.69. The first-order valence-electron chi connectivity index (χ1n) is 9.66. The number of rotatable bonds is 9. The molecule has 0 bridgehead atoms. The van der Waals surface area contributed by atoms with E-state index in [1.807, 2.05) is 68.4 Å². The van der Waals surface area contributed by atoms with Gasteiger partial charge in [-0.05, 0) is 42.2 Å². The fourth-order valence-corrected chi connectivity index (χ4v) is 3.06. The molecule has 7 heteroatoms. The second kappa shape index (κ2) is 9.64. The number of aromatic nitrogens is 4. The van der Waals surface area contributed by atoms with Crippen molar-refractivity contribution in [1.29, 1.82) is 0 Å². The number of benzene rings is 2. The summed E-state index contributed by atoms with van der Waals surface area (Å²) in [5, 5.41) is 17.2. The average molecular weight is 391 g/mol. The van der Waals surface area contributed by atoms with E-state index in [0.717, 1.165) is 16.9 Å². The summed E-state index contributed by atoms with van der Waals surface area (Å²) in [5.41, 5.74) is 1.34. The molecular weight excluding hydrogens is 366 g/mol. The van der Waals surface area contributed by atoms with E-state index < -0.39 is 5.54 Å². The number of tetrazole rings is 1.